The lowest BCUT2D eigenvalue weighted by atomic mass is 9.85. The van der Waals surface area contributed by atoms with E-state index in [1.807, 2.05) is 0 Å². The summed E-state index contributed by atoms with van der Waals surface area (Å²) in [6, 6.07) is 15.1. The van der Waals surface area contributed by atoms with Crippen LogP contribution in [0.4, 0.5) is 0 Å². The molecule has 0 heterocycles. The first-order chi connectivity index (χ1) is 15.7. The van der Waals surface area contributed by atoms with Gasteiger partial charge >= 0.3 is 23.9 Å². The normalized spacial score (nSPS) is 11.5. The number of hydrogen-bond donors (Lipinski definition) is 0. The van der Waals surface area contributed by atoms with Crippen molar-refractivity contribution in [3.05, 3.63) is 83.9 Å². The Bertz CT molecular complexity index is 1020. The van der Waals surface area contributed by atoms with Crippen molar-refractivity contribution in [1.82, 2.24) is 0 Å². The molecular formula is C24H20O9. The minimum Gasteiger partial charge on any atom is -0.466 e. The third-order valence-corrected chi connectivity index (χ3v) is 4.26. The molecule has 9 heteroatoms. The number of carbonyl (C=O) groups excluding carboxylic acids is 6. The van der Waals surface area contributed by atoms with Gasteiger partial charge in [-0.15, -0.1) is 0 Å². The van der Waals surface area contributed by atoms with Gasteiger partial charge in [-0.25, -0.2) is 14.4 Å². The molecule has 0 aromatic heterocycles. The second-order valence-electron chi connectivity index (χ2n) is 6.56. The maximum absolute atomic E-state index is 13.3. The minimum atomic E-state index is -2.11. The first-order valence-electron chi connectivity index (χ1n) is 9.62. The Kier molecular flexibility index (Phi) is 8.93. The van der Waals surface area contributed by atoms with Crippen molar-refractivity contribution in [2.45, 2.75) is 13.0 Å². The Balaban J connectivity index is 2.53. The number of rotatable bonds is 9. The molecule has 33 heavy (non-hydrogen) atoms. The highest BCUT2D eigenvalue weighted by atomic mass is 16.6. The largest absolute Gasteiger partial charge is 0.466 e. The Hall–Kier alpha value is -4.40. The fourth-order valence-corrected chi connectivity index (χ4v) is 2.78. The van der Waals surface area contributed by atoms with Crippen LogP contribution in [0, 0.1) is 5.92 Å². The van der Waals surface area contributed by atoms with Gasteiger partial charge in [0.1, 0.15) is 5.92 Å². The van der Waals surface area contributed by atoms with Crippen molar-refractivity contribution < 1.29 is 43.0 Å². The standard InChI is InChI=1S/C24H20O9/c1-15(25)32-24(30)23(33-19(27)14-13-18(26)31-2)20(21(28)16-9-5-3-6-10-16)22(29)17-11-7-4-8-12-17/h3-14,20,23H,1-2H3. The molecular weight excluding hydrogens is 432 g/mol. The van der Waals surface area contributed by atoms with Crippen molar-refractivity contribution in [1.29, 1.82) is 0 Å². The molecule has 2 aromatic rings. The average molecular weight is 452 g/mol. The molecule has 2 rings (SSSR count). The third kappa shape index (κ3) is 7.06. The second kappa shape index (κ2) is 11.8. The fourth-order valence-electron chi connectivity index (χ4n) is 2.78. The molecule has 0 saturated carbocycles. The number of methoxy groups -OCH3 is 1. The quantitative estimate of drug-likeness (QED) is 0.185. The highest BCUT2D eigenvalue weighted by Crippen LogP contribution is 2.22. The molecule has 0 saturated heterocycles. The molecule has 0 aliphatic carbocycles. The van der Waals surface area contributed by atoms with E-state index in [0.29, 0.717) is 6.08 Å². The SMILES string of the molecule is COC(=O)C=CC(=O)OC(C(=O)OC(C)=O)C(C(=O)c1ccccc1)C(=O)c1ccccc1. The van der Waals surface area contributed by atoms with E-state index in [9.17, 15) is 28.8 Å². The molecule has 2 aromatic carbocycles. The van der Waals surface area contributed by atoms with Crippen LogP contribution in [-0.2, 0) is 33.4 Å². The summed E-state index contributed by atoms with van der Waals surface area (Å²) < 4.78 is 14.0. The van der Waals surface area contributed by atoms with E-state index in [0.717, 1.165) is 20.1 Å². The maximum atomic E-state index is 13.3. The molecule has 0 fully saturated rings. The van der Waals surface area contributed by atoms with E-state index in [4.69, 9.17) is 4.74 Å². The fraction of sp³-hybridized carbons (Fsp3) is 0.167. The van der Waals surface area contributed by atoms with Gasteiger partial charge in [0, 0.05) is 30.2 Å². The van der Waals surface area contributed by atoms with Crippen LogP contribution < -0.4 is 0 Å². The summed E-state index contributed by atoms with van der Waals surface area (Å²) in [4.78, 5) is 74.1. The van der Waals surface area contributed by atoms with Crippen LogP contribution in [-0.4, -0.2) is 48.7 Å². The zero-order chi connectivity index (χ0) is 24.4. The van der Waals surface area contributed by atoms with Gasteiger partial charge in [0.2, 0.25) is 6.10 Å². The maximum Gasteiger partial charge on any atom is 0.356 e. The van der Waals surface area contributed by atoms with Crippen molar-refractivity contribution in [3.8, 4) is 0 Å². The summed E-state index contributed by atoms with van der Waals surface area (Å²) in [5, 5.41) is 0. The Labute approximate surface area is 188 Å². The number of benzene rings is 2. The number of carbonyl (C=O) groups is 6. The molecule has 1 unspecified atom stereocenters. The van der Waals surface area contributed by atoms with E-state index in [1.165, 1.54) is 24.3 Å². The third-order valence-electron chi connectivity index (χ3n) is 4.26. The van der Waals surface area contributed by atoms with E-state index in [2.05, 4.69) is 9.47 Å². The van der Waals surface area contributed by atoms with Crippen molar-refractivity contribution in [2.24, 2.45) is 5.92 Å². The zero-order valence-electron chi connectivity index (χ0n) is 17.8. The first kappa shape index (κ1) is 24.9. The molecule has 0 aliphatic rings. The van der Waals surface area contributed by atoms with Gasteiger partial charge < -0.3 is 14.2 Å². The summed E-state index contributed by atoms with van der Waals surface area (Å²) >= 11 is 0. The average Bonchev–Trinajstić information content (AvgIpc) is 2.82. The number of ether oxygens (including phenoxy) is 3. The van der Waals surface area contributed by atoms with Gasteiger partial charge in [0.25, 0.3) is 0 Å². The van der Waals surface area contributed by atoms with Gasteiger partial charge in [-0.1, -0.05) is 60.7 Å². The van der Waals surface area contributed by atoms with Crippen LogP contribution in [0.15, 0.2) is 72.8 Å². The predicted molar refractivity (Wildman–Crippen MR) is 113 cm³/mol. The van der Waals surface area contributed by atoms with Gasteiger partial charge in [0.15, 0.2) is 11.6 Å². The first-order valence-corrected chi connectivity index (χ1v) is 9.62. The van der Waals surface area contributed by atoms with Gasteiger partial charge in [-0.05, 0) is 0 Å². The molecule has 0 N–H and O–H groups in total. The van der Waals surface area contributed by atoms with Crippen LogP contribution in [0.5, 0.6) is 0 Å². The molecule has 0 radical (unpaired) electrons. The van der Waals surface area contributed by atoms with Crippen LogP contribution in [0.2, 0.25) is 0 Å². The molecule has 0 spiro atoms. The van der Waals surface area contributed by atoms with Gasteiger partial charge in [-0.2, -0.15) is 0 Å². The van der Waals surface area contributed by atoms with Gasteiger partial charge in [-0.3, -0.25) is 14.4 Å². The molecule has 170 valence electrons. The number of esters is 4. The van der Waals surface area contributed by atoms with Gasteiger partial charge in [0.05, 0.1) is 7.11 Å². The second-order valence-corrected chi connectivity index (χ2v) is 6.56. The number of Topliss-reactive ketones (excluding diaryl/α,β-unsaturated/α-hetero) is 2. The van der Waals surface area contributed by atoms with E-state index >= 15 is 0 Å². The highest BCUT2D eigenvalue weighted by molar-refractivity contribution is 6.18. The summed E-state index contributed by atoms with van der Waals surface area (Å²) in [7, 11) is 1.08. The van der Waals surface area contributed by atoms with Crippen molar-refractivity contribution >= 4 is 35.4 Å². The lowest BCUT2D eigenvalue weighted by Crippen LogP contribution is -2.44. The Morgan fingerprint density at radius 1 is 0.727 bits per heavy atom. The number of hydrogen-bond acceptors (Lipinski definition) is 9. The summed E-state index contributed by atoms with van der Waals surface area (Å²) in [6.45, 7) is 0.932. The van der Waals surface area contributed by atoms with Crippen LogP contribution in [0.3, 0.4) is 0 Å². The molecule has 0 amide bonds. The lowest BCUT2D eigenvalue weighted by molar-refractivity contribution is -0.172. The summed E-state index contributed by atoms with van der Waals surface area (Å²) in [5.41, 5.74) is 0.127. The lowest BCUT2D eigenvalue weighted by Gasteiger charge is -2.23. The summed E-state index contributed by atoms with van der Waals surface area (Å²) in [5.74, 6) is -8.11. The van der Waals surface area contributed by atoms with Crippen LogP contribution >= 0.6 is 0 Å². The van der Waals surface area contributed by atoms with E-state index in [1.54, 1.807) is 36.4 Å². The van der Waals surface area contributed by atoms with E-state index < -0.39 is 47.5 Å². The van der Waals surface area contributed by atoms with Crippen LogP contribution in [0.25, 0.3) is 0 Å². The van der Waals surface area contributed by atoms with E-state index in [-0.39, 0.29) is 11.1 Å². The Morgan fingerprint density at radius 2 is 1.18 bits per heavy atom. The minimum absolute atomic E-state index is 0.0635. The zero-order valence-corrected chi connectivity index (χ0v) is 17.8. The monoisotopic (exact) mass is 452 g/mol. The summed E-state index contributed by atoms with van der Waals surface area (Å²) in [6.07, 6.45) is -0.733. The van der Waals surface area contributed by atoms with Crippen LogP contribution in [0.1, 0.15) is 27.6 Å². The highest BCUT2D eigenvalue weighted by Gasteiger charge is 2.44. The predicted octanol–water partition coefficient (Wildman–Crippen LogP) is 2.10. The topological polar surface area (TPSA) is 130 Å². The molecule has 0 aliphatic heterocycles. The Morgan fingerprint density at radius 3 is 1.61 bits per heavy atom. The van der Waals surface area contributed by atoms with Crippen molar-refractivity contribution in [2.75, 3.05) is 7.11 Å². The van der Waals surface area contributed by atoms with Crippen molar-refractivity contribution in [3.63, 3.8) is 0 Å². The molecule has 0 bridgehead atoms. The number of ketones is 2. The smallest absolute Gasteiger partial charge is 0.356 e. The molecule has 9 nitrogen and oxygen atoms in total. The molecule has 1 atom stereocenters.